The smallest absolute Gasteiger partial charge is 0.213 e. The Morgan fingerprint density at radius 2 is 2.15 bits per heavy atom. The summed E-state index contributed by atoms with van der Waals surface area (Å²) in [5, 5.41) is 9.19. The van der Waals surface area contributed by atoms with E-state index in [0.29, 0.717) is 12.2 Å². The minimum Gasteiger partial charge on any atom is -0.398 e. The highest BCUT2D eigenvalue weighted by molar-refractivity contribution is 6.00. The highest BCUT2D eigenvalue weighted by atomic mass is 16.5. The lowest BCUT2D eigenvalue weighted by Crippen LogP contribution is -2.06. The first-order valence-corrected chi connectivity index (χ1v) is 6.38. The van der Waals surface area contributed by atoms with Crippen molar-refractivity contribution >= 4 is 22.1 Å². The summed E-state index contributed by atoms with van der Waals surface area (Å²) in [6, 6.07) is 5.89. The van der Waals surface area contributed by atoms with Gasteiger partial charge in [-0.3, -0.25) is 4.98 Å². The Kier molecular flexibility index (Phi) is 3.20. The zero-order valence-corrected chi connectivity index (χ0v) is 11.1. The van der Waals surface area contributed by atoms with Crippen LogP contribution in [0.4, 0.5) is 11.4 Å². The molecule has 6 heteroatoms. The van der Waals surface area contributed by atoms with E-state index in [4.69, 9.17) is 10.3 Å². The zero-order valence-electron chi connectivity index (χ0n) is 11.1. The molecule has 20 heavy (non-hydrogen) atoms. The third-order valence-corrected chi connectivity index (χ3v) is 3.14. The van der Waals surface area contributed by atoms with Crippen molar-refractivity contribution in [2.45, 2.75) is 13.3 Å². The number of nitrogens with zero attached hydrogens (tertiary/aromatic N) is 3. The summed E-state index contributed by atoms with van der Waals surface area (Å²) in [6.07, 6.45) is 3.85. The van der Waals surface area contributed by atoms with E-state index in [2.05, 4.69) is 20.4 Å². The largest absolute Gasteiger partial charge is 0.398 e. The van der Waals surface area contributed by atoms with Crippen LogP contribution >= 0.6 is 0 Å². The second kappa shape index (κ2) is 5.16. The minimum absolute atomic E-state index is 0.690. The molecule has 1 aromatic carbocycles. The molecule has 102 valence electrons. The Bertz CT molecular complexity index is 724. The van der Waals surface area contributed by atoms with Gasteiger partial charge in [-0.05, 0) is 25.1 Å². The summed E-state index contributed by atoms with van der Waals surface area (Å²) in [5.74, 6) is 0.690. The molecule has 0 fully saturated rings. The van der Waals surface area contributed by atoms with E-state index < -0.39 is 0 Å². The molecule has 0 bridgehead atoms. The molecule has 0 amide bonds. The average Bonchev–Trinajstić information content (AvgIpc) is 2.94. The maximum atomic E-state index is 5.98. The van der Waals surface area contributed by atoms with Gasteiger partial charge in [0.15, 0.2) is 5.82 Å². The Hall–Kier alpha value is -2.63. The van der Waals surface area contributed by atoms with Gasteiger partial charge in [0.25, 0.3) is 0 Å². The lowest BCUT2D eigenvalue weighted by molar-refractivity contribution is 0.410. The molecule has 3 rings (SSSR count). The molecule has 0 aliphatic heterocycles. The van der Waals surface area contributed by atoms with E-state index in [0.717, 1.165) is 34.4 Å². The number of nitrogens with one attached hydrogen (secondary N) is 1. The van der Waals surface area contributed by atoms with Gasteiger partial charge in [-0.25, -0.2) is 0 Å². The van der Waals surface area contributed by atoms with Crippen molar-refractivity contribution in [3.8, 4) is 0 Å². The molecule has 2 heterocycles. The predicted octanol–water partition coefficient (Wildman–Crippen LogP) is 2.16. The first kappa shape index (κ1) is 12.4. The molecule has 0 aliphatic rings. The highest BCUT2D eigenvalue weighted by Crippen LogP contribution is 2.28. The third kappa shape index (κ3) is 2.40. The number of nitrogen functional groups attached to an aromatic ring is 1. The predicted molar refractivity (Wildman–Crippen MR) is 77.4 cm³/mol. The van der Waals surface area contributed by atoms with Crippen LogP contribution < -0.4 is 11.1 Å². The summed E-state index contributed by atoms with van der Waals surface area (Å²) < 4.78 is 4.71. The van der Waals surface area contributed by atoms with Crippen LogP contribution in [0.1, 0.15) is 11.5 Å². The van der Waals surface area contributed by atoms with E-state index in [9.17, 15) is 0 Å². The van der Waals surface area contributed by atoms with Crippen molar-refractivity contribution in [2.75, 3.05) is 17.6 Å². The van der Waals surface area contributed by atoms with Crippen molar-refractivity contribution in [3.05, 3.63) is 42.3 Å². The van der Waals surface area contributed by atoms with Crippen molar-refractivity contribution in [3.63, 3.8) is 0 Å². The van der Waals surface area contributed by atoms with Gasteiger partial charge in [0.2, 0.25) is 6.39 Å². The topological polar surface area (TPSA) is 89.9 Å². The van der Waals surface area contributed by atoms with Gasteiger partial charge in [0, 0.05) is 47.0 Å². The Morgan fingerprint density at radius 1 is 1.25 bits per heavy atom. The number of aromatic nitrogens is 3. The van der Waals surface area contributed by atoms with Crippen molar-refractivity contribution in [1.82, 2.24) is 15.1 Å². The van der Waals surface area contributed by atoms with E-state index in [1.54, 1.807) is 0 Å². The number of aryl methyl sites for hydroxylation is 1. The van der Waals surface area contributed by atoms with Gasteiger partial charge in [0.1, 0.15) is 0 Å². The summed E-state index contributed by atoms with van der Waals surface area (Å²) in [4.78, 5) is 8.28. The molecular weight excluding hydrogens is 254 g/mol. The number of pyridine rings is 1. The second-order valence-electron chi connectivity index (χ2n) is 4.60. The molecule has 0 spiro atoms. The van der Waals surface area contributed by atoms with E-state index in [1.165, 1.54) is 6.39 Å². The maximum absolute atomic E-state index is 5.98. The molecule has 0 unspecified atom stereocenters. The Balaban J connectivity index is 1.84. The number of anilines is 2. The van der Waals surface area contributed by atoms with Gasteiger partial charge in [0.05, 0.1) is 0 Å². The van der Waals surface area contributed by atoms with E-state index in [-0.39, 0.29) is 0 Å². The highest BCUT2D eigenvalue weighted by Gasteiger charge is 2.05. The fourth-order valence-corrected chi connectivity index (χ4v) is 2.13. The number of benzene rings is 1. The monoisotopic (exact) mass is 269 g/mol. The molecular formula is C14H15N5O. The van der Waals surface area contributed by atoms with Crippen LogP contribution in [0.25, 0.3) is 10.8 Å². The molecule has 0 saturated heterocycles. The van der Waals surface area contributed by atoms with Crippen molar-refractivity contribution < 1.29 is 4.52 Å². The van der Waals surface area contributed by atoms with E-state index in [1.807, 2.05) is 31.3 Å². The summed E-state index contributed by atoms with van der Waals surface area (Å²) >= 11 is 0. The van der Waals surface area contributed by atoms with Gasteiger partial charge in [-0.2, -0.15) is 4.98 Å². The molecule has 2 aromatic heterocycles. The second-order valence-corrected chi connectivity index (χ2v) is 4.60. The molecule has 0 aliphatic carbocycles. The summed E-state index contributed by atoms with van der Waals surface area (Å²) in [5.41, 5.74) is 8.71. The van der Waals surface area contributed by atoms with Crippen LogP contribution in [-0.4, -0.2) is 21.7 Å². The molecule has 0 atom stereocenters. The van der Waals surface area contributed by atoms with Crippen molar-refractivity contribution in [2.24, 2.45) is 0 Å². The molecule has 6 nitrogen and oxygen atoms in total. The van der Waals surface area contributed by atoms with Crippen LogP contribution in [0.5, 0.6) is 0 Å². The number of hydrogen-bond acceptors (Lipinski definition) is 6. The standard InChI is InChI=1S/C14H15N5O/c1-9-6-10-11(7-17-9)12(15)2-3-13(10)16-5-4-14-18-8-20-19-14/h2-3,6-8,16H,4-5,15H2,1H3. The van der Waals surface area contributed by atoms with Gasteiger partial charge in [-0.1, -0.05) is 5.16 Å². The fraction of sp³-hybridized carbons (Fsp3) is 0.214. The van der Waals surface area contributed by atoms with Gasteiger partial charge >= 0.3 is 0 Å². The lowest BCUT2D eigenvalue weighted by Gasteiger charge is -2.11. The molecule has 3 N–H and O–H groups in total. The normalized spacial score (nSPS) is 10.8. The van der Waals surface area contributed by atoms with Crippen LogP contribution in [0.3, 0.4) is 0 Å². The van der Waals surface area contributed by atoms with Crippen LogP contribution in [-0.2, 0) is 6.42 Å². The Labute approximate surface area is 116 Å². The quantitative estimate of drug-likeness (QED) is 0.705. The Morgan fingerprint density at radius 3 is 2.95 bits per heavy atom. The molecule has 3 aromatic rings. The van der Waals surface area contributed by atoms with Crippen LogP contribution in [0, 0.1) is 6.92 Å². The maximum Gasteiger partial charge on any atom is 0.213 e. The number of rotatable bonds is 4. The summed E-state index contributed by atoms with van der Waals surface area (Å²) in [6.45, 7) is 2.69. The summed E-state index contributed by atoms with van der Waals surface area (Å²) in [7, 11) is 0. The number of hydrogen-bond donors (Lipinski definition) is 2. The zero-order chi connectivity index (χ0) is 13.9. The van der Waals surface area contributed by atoms with Crippen molar-refractivity contribution in [1.29, 1.82) is 0 Å². The molecule has 0 radical (unpaired) electrons. The fourth-order valence-electron chi connectivity index (χ4n) is 2.13. The van der Waals surface area contributed by atoms with E-state index >= 15 is 0 Å². The number of fused-ring (bicyclic) bond motifs is 1. The average molecular weight is 269 g/mol. The minimum atomic E-state index is 0.690. The SMILES string of the molecule is Cc1cc2c(NCCc3ncon3)ccc(N)c2cn1. The molecule has 0 saturated carbocycles. The first-order valence-electron chi connectivity index (χ1n) is 6.38. The lowest BCUT2D eigenvalue weighted by atomic mass is 10.1. The number of nitrogens with two attached hydrogens (primary N) is 1. The van der Waals surface area contributed by atoms with Gasteiger partial charge < -0.3 is 15.6 Å². The van der Waals surface area contributed by atoms with Crippen LogP contribution in [0.2, 0.25) is 0 Å². The van der Waals surface area contributed by atoms with Crippen LogP contribution in [0.15, 0.2) is 35.3 Å². The first-order chi connectivity index (χ1) is 9.74. The third-order valence-electron chi connectivity index (χ3n) is 3.14. The van der Waals surface area contributed by atoms with Gasteiger partial charge in [-0.15, -0.1) is 0 Å².